The number of carbonyl (C=O) groups is 1. The van der Waals surface area contributed by atoms with Crippen LogP contribution in [0.2, 0.25) is 0 Å². The third-order valence-electron chi connectivity index (χ3n) is 5.43. The Morgan fingerprint density at radius 1 is 1.30 bits per heavy atom. The van der Waals surface area contributed by atoms with Gasteiger partial charge in [0, 0.05) is 30.0 Å². The molecular weight excluding hydrogens is 350 g/mol. The number of benzene rings is 1. The number of pyridine rings is 1. The number of rotatable bonds is 4. The zero-order chi connectivity index (χ0) is 19.1. The molecule has 2 aromatic rings. The lowest BCUT2D eigenvalue weighted by molar-refractivity contribution is -0.0215. The molecule has 2 fully saturated rings. The molecule has 0 N–H and O–H groups in total. The molecule has 0 spiro atoms. The lowest BCUT2D eigenvalue weighted by Crippen LogP contribution is -2.49. The molecule has 1 saturated carbocycles. The van der Waals surface area contributed by atoms with Crippen molar-refractivity contribution < 1.29 is 18.3 Å². The minimum atomic E-state index is -2.47. The van der Waals surface area contributed by atoms with E-state index in [1.54, 1.807) is 4.90 Å². The van der Waals surface area contributed by atoms with Crippen LogP contribution in [0.5, 0.6) is 0 Å². The summed E-state index contributed by atoms with van der Waals surface area (Å²) in [5.74, 6) is 0.216. The van der Waals surface area contributed by atoms with Gasteiger partial charge < -0.3 is 9.64 Å². The molecule has 2 aliphatic rings. The lowest BCUT2D eigenvalue weighted by Gasteiger charge is -2.36. The van der Waals surface area contributed by atoms with Crippen LogP contribution in [-0.2, 0) is 4.74 Å². The summed E-state index contributed by atoms with van der Waals surface area (Å²) >= 11 is 0. The number of nitrogens with zero attached hydrogens (tertiary/aromatic N) is 2. The maximum atomic E-state index is 13.4. The standard InChI is InChI=1S/C21H24F2N2O2/c1-12-7-13(2)20-16(10-17(14-3-4-14)24-18(20)8-12)21(26)25-5-6-27-11-15(25)9-19(22)23/h7-8,10,14-15,19H,3-6,9,11H2,1-2H3. The Bertz CT molecular complexity index is 880. The minimum absolute atomic E-state index is 0.159. The number of alkyl halides is 2. The number of aromatic nitrogens is 1. The Hall–Kier alpha value is -2.08. The fourth-order valence-electron chi connectivity index (χ4n) is 4.01. The molecule has 0 radical (unpaired) electrons. The van der Waals surface area contributed by atoms with Crippen molar-refractivity contribution in [3.63, 3.8) is 0 Å². The molecule has 1 aliphatic carbocycles. The average Bonchev–Trinajstić information content (AvgIpc) is 3.45. The molecule has 27 heavy (non-hydrogen) atoms. The van der Waals surface area contributed by atoms with Gasteiger partial charge in [0.25, 0.3) is 5.91 Å². The van der Waals surface area contributed by atoms with Crippen molar-refractivity contribution in [2.45, 2.75) is 51.5 Å². The largest absolute Gasteiger partial charge is 0.377 e. The van der Waals surface area contributed by atoms with Gasteiger partial charge in [-0.25, -0.2) is 8.78 Å². The van der Waals surface area contributed by atoms with E-state index in [9.17, 15) is 13.6 Å². The van der Waals surface area contributed by atoms with Gasteiger partial charge in [0.1, 0.15) is 0 Å². The fourth-order valence-corrected chi connectivity index (χ4v) is 4.01. The van der Waals surface area contributed by atoms with E-state index in [1.807, 2.05) is 32.0 Å². The van der Waals surface area contributed by atoms with Crippen molar-refractivity contribution in [3.05, 3.63) is 40.6 Å². The number of hydrogen-bond donors (Lipinski definition) is 0. The smallest absolute Gasteiger partial charge is 0.255 e. The number of aryl methyl sites for hydroxylation is 2. The summed E-state index contributed by atoms with van der Waals surface area (Å²) in [6.45, 7) is 4.86. The predicted octanol–water partition coefficient (Wildman–Crippen LogP) is 4.23. The highest BCUT2D eigenvalue weighted by molar-refractivity contribution is 6.07. The number of fused-ring (bicyclic) bond motifs is 1. The van der Waals surface area contributed by atoms with Crippen LogP contribution in [0.25, 0.3) is 10.9 Å². The second kappa shape index (κ2) is 7.15. The minimum Gasteiger partial charge on any atom is -0.377 e. The van der Waals surface area contributed by atoms with Gasteiger partial charge in [-0.05, 0) is 49.9 Å². The quantitative estimate of drug-likeness (QED) is 0.805. The Kier molecular flexibility index (Phi) is 4.84. The number of carbonyl (C=O) groups excluding carboxylic acids is 1. The van der Waals surface area contributed by atoms with E-state index in [0.29, 0.717) is 24.6 Å². The summed E-state index contributed by atoms with van der Waals surface area (Å²) in [5, 5.41) is 0.831. The van der Waals surface area contributed by atoms with E-state index in [-0.39, 0.29) is 18.9 Å². The van der Waals surface area contributed by atoms with Gasteiger partial charge in [-0.1, -0.05) is 6.07 Å². The Morgan fingerprint density at radius 2 is 2.07 bits per heavy atom. The molecule has 4 nitrogen and oxygen atoms in total. The van der Waals surface area contributed by atoms with Crippen LogP contribution >= 0.6 is 0 Å². The molecule has 1 aromatic heterocycles. The average molecular weight is 374 g/mol. The number of ether oxygens (including phenoxy) is 1. The van der Waals surface area contributed by atoms with Gasteiger partial charge in [0.15, 0.2) is 0 Å². The number of amides is 1. The topological polar surface area (TPSA) is 42.4 Å². The van der Waals surface area contributed by atoms with Crippen LogP contribution < -0.4 is 0 Å². The summed E-state index contributed by atoms with van der Waals surface area (Å²) in [5.41, 5.74) is 4.43. The molecule has 4 rings (SSSR count). The van der Waals surface area contributed by atoms with Gasteiger partial charge >= 0.3 is 0 Å². The van der Waals surface area contributed by atoms with Gasteiger partial charge in [-0.15, -0.1) is 0 Å². The molecule has 1 unspecified atom stereocenters. The third kappa shape index (κ3) is 3.68. The molecule has 6 heteroatoms. The molecule has 1 saturated heterocycles. The van der Waals surface area contributed by atoms with E-state index >= 15 is 0 Å². The van der Waals surface area contributed by atoms with Crippen LogP contribution in [-0.4, -0.2) is 48.0 Å². The monoisotopic (exact) mass is 374 g/mol. The molecular formula is C21H24F2N2O2. The summed E-state index contributed by atoms with van der Waals surface area (Å²) in [6.07, 6.45) is -0.652. The van der Waals surface area contributed by atoms with Gasteiger partial charge in [-0.3, -0.25) is 9.78 Å². The highest BCUT2D eigenvalue weighted by atomic mass is 19.3. The molecule has 1 amide bonds. The number of morpholine rings is 1. The van der Waals surface area contributed by atoms with E-state index in [2.05, 4.69) is 0 Å². The first-order chi connectivity index (χ1) is 12.9. The summed E-state index contributed by atoms with van der Waals surface area (Å²) in [7, 11) is 0. The van der Waals surface area contributed by atoms with Crippen molar-refractivity contribution in [2.24, 2.45) is 0 Å². The summed E-state index contributed by atoms with van der Waals surface area (Å²) in [6, 6.07) is 5.33. The van der Waals surface area contributed by atoms with Gasteiger partial charge in [0.2, 0.25) is 6.43 Å². The van der Waals surface area contributed by atoms with Gasteiger partial charge in [-0.2, -0.15) is 0 Å². The second-order valence-corrected chi connectivity index (χ2v) is 7.70. The van der Waals surface area contributed by atoms with Crippen molar-refractivity contribution in [3.8, 4) is 0 Å². The lowest BCUT2D eigenvalue weighted by atomic mass is 9.98. The van der Waals surface area contributed by atoms with E-state index in [4.69, 9.17) is 9.72 Å². The van der Waals surface area contributed by atoms with Crippen LogP contribution in [0, 0.1) is 13.8 Å². The first-order valence-corrected chi connectivity index (χ1v) is 9.53. The number of hydrogen-bond acceptors (Lipinski definition) is 3. The maximum absolute atomic E-state index is 13.4. The predicted molar refractivity (Wildman–Crippen MR) is 99.5 cm³/mol. The maximum Gasteiger partial charge on any atom is 0.255 e. The molecule has 1 atom stereocenters. The molecule has 1 aromatic carbocycles. The third-order valence-corrected chi connectivity index (χ3v) is 5.43. The normalized spacial score (nSPS) is 20.5. The van der Waals surface area contributed by atoms with E-state index in [1.165, 1.54) is 0 Å². The summed E-state index contributed by atoms with van der Waals surface area (Å²) < 4.78 is 31.3. The van der Waals surface area contributed by atoms with E-state index in [0.717, 1.165) is 40.6 Å². The zero-order valence-corrected chi connectivity index (χ0v) is 15.7. The van der Waals surface area contributed by atoms with Gasteiger partial charge in [0.05, 0.1) is 30.3 Å². The van der Waals surface area contributed by atoms with Crippen LogP contribution in [0.3, 0.4) is 0 Å². The number of halogens is 2. The van der Waals surface area contributed by atoms with Crippen molar-refractivity contribution in [1.82, 2.24) is 9.88 Å². The van der Waals surface area contributed by atoms with Crippen LogP contribution in [0.4, 0.5) is 8.78 Å². The molecule has 0 bridgehead atoms. The highest BCUT2D eigenvalue weighted by Crippen LogP contribution is 2.41. The SMILES string of the molecule is Cc1cc(C)c2c(C(=O)N3CCOCC3CC(F)F)cc(C3CC3)nc2c1. The Morgan fingerprint density at radius 3 is 2.78 bits per heavy atom. The zero-order valence-electron chi connectivity index (χ0n) is 15.7. The van der Waals surface area contributed by atoms with Crippen LogP contribution in [0.15, 0.2) is 18.2 Å². The summed E-state index contributed by atoms with van der Waals surface area (Å²) in [4.78, 5) is 19.8. The van der Waals surface area contributed by atoms with Crippen molar-refractivity contribution in [1.29, 1.82) is 0 Å². The first kappa shape index (κ1) is 18.3. The highest BCUT2D eigenvalue weighted by Gasteiger charge is 2.33. The van der Waals surface area contributed by atoms with Crippen LogP contribution in [0.1, 0.15) is 52.4 Å². The Labute approximate surface area is 157 Å². The molecule has 144 valence electrons. The molecule has 1 aliphatic heterocycles. The first-order valence-electron chi connectivity index (χ1n) is 9.53. The molecule has 2 heterocycles. The van der Waals surface area contributed by atoms with E-state index < -0.39 is 12.5 Å². The second-order valence-electron chi connectivity index (χ2n) is 7.70. The van der Waals surface area contributed by atoms with Crippen molar-refractivity contribution in [2.75, 3.05) is 19.8 Å². The van der Waals surface area contributed by atoms with Crippen molar-refractivity contribution >= 4 is 16.8 Å². The fraction of sp³-hybridized carbons (Fsp3) is 0.524. The Balaban J connectivity index is 1.80.